The molecule has 8 aliphatic rings. The Morgan fingerprint density at radius 2 is 0.755 bits per heavy atom. The van der Waals surface area contributed by atoms with Gasteiger partial charge >= 0.3 is 5.97 Å². The molecule has 8 heterocycles. The van der Waals surface area contributed by atoms with E-state index in [9.17, 15) is 141 Å². The van der Waals surface area contributed by atoms with Crippen LogP contribution in [0, 0.1) is 0 Å². The Hall–Kier alpha value is -4.13. The molecule has 41 atom stereocenters. The lowest BCUT2D eigenvalue weighted by Crippen LogP contribution is -2.72. The molecule has 0 aliphatic carbocycles. The lowest BCUT2D eigenvalue weighted by atomic mass is 9.88. The van der Waals surface area contributed by atoms with E-state index in [1.807, 2.05) is 0 Å². The molecule has 8 aliphatic heterocycles. The van der Waals surface area contributed by atoms with Gasteiger partial charge in [-0.2, -0.15) is 0 Å². The number of carboxylic acid groups (broad SMARTS) is 1. The number of carboxylic acids is 1. The maximum Gasteiger partial charge on any atom is 0.364 e. The molecule has 0 spiro atoms. The standard InChI is InChI=1S/C59H98N4O43/c1-14-31(77)38(84)39(85)54(92-14)100-44-26(13-70)98-53(30(63-18(5)74)47(44)102-57-42(88)50(36(82)24(11-68)96-57)106-59(58(90)91)6-19(75)27(60-15(2)71)46(105-59)32(78)20(76)7-64)104-49-35(81)22(9-66)94-55(40(49)86)99-43-25(12-69)97-52(28(37(43)83)61-16(3)72)103-48-34(80)23(10-67)95-56(41(48)87)101-45-29(62-17(4)73)51(89)93-21(8-65)33(45)79/h14,19-57,64-70,75-89H,6-13H2,1-5H3,(H,60,71)(H,61,72)(H,62,73)(H,63,74)(H,90,91)/t14-,19-,20+,21+,22+,23+,24+,25+,26+,27+,28+,29+,30+,31+,32+,33-,34-,35-,36-,37+,38+,39-,40+,41+,42+,43+,44+,45+,46+,47+,48-,49-,50-,51-,52-,53-,54-,55-,56-,57-,59-/m0/s1. The summed E-state index contributed by atoms with van der Waals surface area (Å²) in [6.45, 7) is -3.06. The summed E-state index contributed by atoms with van der Waals surface area (Å²) in [7, 11) is 0. The van der Waals surface area contributed by atoms with Gasteiger partial charge in [0, 0.05) is 34.1 Å². The van der Waals surface area contributed by atoms with Crippen molar-refractivity contribution in [1.82, 2.24) is 21.3 Å². The zero-order valence-electron chi connectivity index (χ0n) is 57.2. The van der Waals surface area contributed by atoms with E-state index in [-0.39, 0.29) is 0 Å². The number of nitrogens with one attached hydrogen (secondary N) is 4. The number of carbonyl (C=O) groups is 5. The topological polar surface area (TPSA) is 737 Å². The van der Waals surface area contributed by atoms with Gasteiger partial charge in [-0.05, 0) is 6.92 Å². The van der Waals surface area contributed by atoms with Crippen LogP contribution in [0.5, 0.6) is 0 Å². The van der Waals surface area contributed by atoms with E-state index in [2.05, 4.69) is 21.3 Å². The van der Waals surface area contributed by atoms with Crippen LogP contribution in [0.2, 0.25) is 0 Å². The van der Waals surface area contributed by atoms with Crippen LogP contribution in [0.3, 0.4) is 0 Å². The van der Waals surface area contributed by atoms with Crippen molar-refractivity contribution < 1.29 is 212 Å². The Morgan fingerprint density at radius 1 is 0.387 bits per heavy atom. The molecular formula is C59H98N4O43. The van der Waals surface area contributed by atoms with Crippen LogP contribution in [-0.4, -0.2) is 444 Å². The van der Waals surface area contributed by atoms with Gasteiger partial charge in [0.1, 0.15) is 183 Å². The van der Waals surface area contributed by atoms with Crippen molar-refractivity contribution in [3.05, 3.63) is 0 Å². The highest BCUT2D eigenvalue weighted by molar-refractivity contribution is 5.77. The van der Waals surface area contributed by atoms with Gasteiger partial charge in [-0.25, -0.2) is 4.79 Å². The highest BCUT2D eigenvalue weighted by Gasteiger charge is 2.63. The summed E-state index contributed by atoms with van der Waals surface area (Å²) in [5.41, 5.74) is 0. The number of carbonyl (C=O) groups excluding carboxylic acids is 4. The molecule has 0 aromatic heterocycles. The zero-order valence-corrected chi connectivity index (χ0v) is 57.2. The summed E-state index contributed by atoms with van der Waals surface area (Å²) < 4.78 is 88.4. The highest BCUT2D eigenvalue weighted by atomic mass is 16.8. The first-order valence-electron chi connectivity index (χ1n) is 33.6. The van der Waals surface area contributed by atoms with Gasteiger partial charge in [0.15, 0.2) is 44.0 Å². The van der Waals surface area contributed by atoms with E-state index in [0.29, 0.717) is 0 Å². The van der Waals surface area contributed by atoms with Crippen molar-refractivity contribution in [3.8, 4) is 0 Å². The normalized spacial score (nSPS) is 47.2. The predicted octanol–water partition coefficient (Wildman–Crippen LogP) is -17.6. The Bertz CT molecular complexity index is 2860. The fourth-order valence-electron chi connectivity index (χ4n) is 13.7. The molecule has 0 aromatic carbocycles. The van der Waals surface area contributed by atoms with Crippen molar-refractivity contribution in [2.45, 2.75) is 292 Å². The van der Waals surface area contributed by atoms with Gasteiger partial charge in [-0.1, -0.05) is 0 Å². The zero-order chi connectivity index (χ0) is 78.6. The third kappa shape index (κ3) is 19.0. The third-order valence-electron chi connectivity index (χ3n) is 19.2. The maximum atomic E-state index is 13.5. The molecule has 8 saturated heterocycles. The Labute approximate surface area is 600 Å². The number of ether oxygens (including phenoxy) is 15. The Morgan fingerprint density at radius 3 is 1.23 bits per heavy atom. The number of hydrogen-bond donors (Lipinski definition) is 27. The first-order chi connectivity index (χ1) is 49.9. The third-order valence-corrected chi connectivity index (χ3v) is 19.2. The first-order valence-corrected chi connectivity index (χ1v) is 33.6. The minimum atomic E-state index is -3.34. The minimum Gasteiger partial charge on any atom is -0.477 e. The molecule has 27 N–H and O–H groups in total. The molecule has 8 rings (SSSR count). The van der Waals surface area contributed by atoms with Crippen molar-refractivity contribution in [2.24, 2.45) is 0 Å². The number of rotatable bonds is 28. The van der Waals surface area contributed by atoms with Crippen LogP contribution in [0.25, 0.3) is 0 Å². The average molecular weight is 1550 g/mol. The maximum absolute atomic E-state index is 13.5. The van der Waals surface area contributed by atoms with Gasteiger partial charge in [0.25, 0.3) is 5.79 Å². The van der Waals surface area contributed by atoms with E-state index in [1.54, 1.807) is 0 Å². The van der Waals surface area contributed by atoms with Crippen molar-refractivity contribution in [1.29, 1.82) is 0 Å². The van der Waals surface area contributed by atoms with Gasteiger partial charge in [-0.15, -0.1) is 0 Å². The smallest absolute Gasteiger partial charge is 0.364 e. The summed E-state index contributed by atoms with van der Waals surface area (Å²) in [6.07, 6.45) is -77.2. The van der Waals surface area contributed by atoms with Gasteiger partial charge in [0.05, 0.1) is 64.5 Å². The molecule has 0 saturated carbocycles. The summed E-state index contributed by atoms with van der Waals surface area (Å²) >= 11 is 0. The molecular weight excluding hydrogens is 1450 g/mol. The van der Waals surface area contributed by atoms with Gasteiger partial charge < -0.3 is 210 Å². The molecule has 4 amide bonds. The van der Waals surface area contributed by atoms with E-state index in [1.165, 1.54) is 6.92 Å². The van der Waals surface area contributed by atoms with Crippen molar-refractivity contribution >= 4 is 29.6 Å². The number of amides is 4. The second kappa shape index (κ2) is 37.5. The molecule has 0 unspecified atom stereocenters. The van der Waals surface area contributed by atoms with Gasteiger partial charge in [-0.3, -0.25) is 19.2 Å². The largest absolute Gasteiger partial charge is 0.477 e. The number of aliphatic hydroxyl groups is 22. The quantitative estimate of drug-likeness (QED) is 0.0346. The molecule has 47 nitrogen and oxygen atoms in total. The second-order valence-corrected chi connectivity index (χ2v) is 26.7. The Balaban J connectivity index is 1.10. The van der Waals surface area contributed by atoms with Gasteiger partial charge in [0.2, 0.25) is 23.6 Å². The van der Waals surface area contributed by atoms with Crippen LogP contribution in [0.4, 0.5) is 0 Å². The van der Waals surface area contributed by atoms with Crippen molar-refractivity contribution in [2.75, 3.05) is 46.2 Å². The molecule has 8 fully saturated rings. The van der Waals surface area contributed by atoms with Crippen LogP contribution < -0.4 is 21.3 Å². The van der Waals surface area contributed by atoms with E-state index in [4.69, 9.17) is 71.1 Å². The van der Waals surface area contributed by atoms with Crippen LogP contribution >= 0.6 is 0 Å². The number of aliphatic hydroxyl groups excluding tert-OH is 22. The average Bonchev–Trinajstić information content (AvgIpc) is 0.751. The van der Waals surface area contributed by atoms with E-state index >= 15 is 0 Å². The molecule has 0 bridgehead atoms. The molecule has 0 radical (unpaired) electrons. The van der Waals surface area contributed by atoms with Crippen LogP contribution in [-0.2, 0) is 95.0 Å². The molecule has 612 valence electrons. The second-order valence-electron chi connectivity index (χ2n) is 26.7. The molecule has 106 heavy (non-hydrogen) atoms. The predicted molar refractivity (Wildman–Crippen MR) is 327 cm³/mol. The minimum absolute atomic E-state index is 0.785. The van der Waals surface area contributed by atoms with Crippen LogP contribution in [0.1, 0.15) is 41.0 Å². The summed E-state index contributed by atoms with van der Waals surface area (Å²) in [5.74, 6) is -9.19. The van der Waals surface area contributed by atoms with E-state index < -0.39 is 333 Å². The molecule has 47 heteroatoms. The fraction of sp³-hybridized carbons (Fsp3) is 0.915. The van der Waals surface area contributed by atoms with Crippen molar-refractivity contribution in [3.63, 3.8) is 0 Å². The Kier molecular flexibility index (Phi) is 30.9. The number of aliphatic carboxylic acids is 1. The summed E-state index contributed by atoms with van der Waals surface area (Å²) in [4.78, 5) is 64.3. The first kappa shape index (κ1) is 87.4. The summed E-state index contributed by atoms with van der Waals surface area (Å²) in [6, 6.07) is -7.46. The monoisotopic (exact) mass is 1550 g/mol. The van der Waals surface area contributed by atoms with E-state index in [0.717, 1.165) is 27.7 Å². The fourth-order valence-corrected chi connectivity index (χ4v) is 13.7. The SMILES string of the molecule is CC(=O)N[C@@H]1[C@@H](O[C@@H]2O[C@H](CO)[C@H](O)[C@H](O[C@@H]3O[C@H](CO)[C@@H](O[C@@H]4O[C@H](CO)[C@H](O)[C@H](O[C@@H]5O[C@H](CO)[C@@H](O[C@@H]6O[C@@H](C)[C@@H](O)[C@@H](O)[C@@H]6O)[C@H](O[C@@H]6O[C@H](CO)[C@H](O)[C@H](O[C@]7(C(=O)O)C[C@H](O)[C@@H](NC(C)=O)[C@H]([C@H](O)[C@H](O)CO)O7)[C@H]6O)[C@H]5NC(C)=O)[C@H]4O)[C@H](O)[C@H]3NC(C)=O)[C@H]2O)[C@@H](O)[C@@H](CO)O[C@@H]1O. The number of hydrogen-bond acceptors (Lipinski definition) is 42. The molecule has 0 aromatic rings. The lowest BCUT2D eigenvalue weighted by molar-refractivity contribution is -0.399. The van der Waals surface area contributed by atoms with Crippen LogP contribution in [0.15, 0.2) is 0 Å². The lowest BCUT2D eigenvalue weighted by Gasteiger charge is -2.52. The highest BCUT2D eigenvalue weighted by Crippen LogP contribution is 2.42. The summed E-state index contributed by atoms with van der Waals surface area (Å²) in [5, 5.41) is 265.